The largest absolute Gasteiger partial charge is 0.370 e. The summed E-state index contributed by atoms with van der Waals surface area (Å²) in [6.45, 7) is 7.70. The summed E-state index contributed by atoms with van der Waals surface area (Å²) in [7, 11) is 1.96. The van der Waals surface area contributed by atoms with E-state index in [1.165, 1.54) is 12.8 Å². The summed E-state index contributed by atoms with van der Waals surface area (Å²) in [6.07, 6.45) is 3.03. The number of carbonyl (C=O) groups is 3. The van der Waals surface area contributed by atoms with Crippen molar-refractivity contribution in [3.05, 3.63) is 58.9 Å². The molecule has 4 aliphatic heterocycles. The molecule has 2 N–H and O–H groups in total. The van der Waals surface area contributed by atoms with Crippen molar-refractivity contribution in [1.82, 2.24) is 25.4 Å². The molecule has 9 nitrogen and oxygen atoms in total. The number of hydrogen-bond acceptors (Lipinski definition) is 7. The molecule has 2 atom stereocenters. The van der Waals surface area contributed by atoms with Gasteiger partial charge in [0, 0.05) is 55.3 Å². The average molecular weight is 517 g/mol. The zero-order valence-corrected chi connectivity index (χ0v) is 22.2. The first kappa shape index (κ1) is 25.0. The summed E-state index contributed by atoms with van der Waals surface area (Å²) < 4.78 is 0. The summed E-state index contributed by atoms with van der Waals surface area (Å²) in [5.41, 5.74) is 5.37. The molecular weight excluding hydrogens is 480 g/mol. The molecule has 9 heteroatoms. The highest BCUT2D eigenvalue weighted by Gasteiger charge is 2.45. The van der Waals surface area contributed by atoms with E-state index in [0.717, 1.165) is 55.4 Å². The molecule has 38 heavy (non-hydrogen) atoms. The lowest BCUT2D eigenvalue weighted by atomic mass is 9.71. The topological polar surface area (TPSA) is 97.9 Å². The number of hydrogen-bond donors (Lipinski definition) is 2. The highest BCUT2D eigenvalue weighted by atomic mass is 16.2. The van der Waals surface area contributed by atoms with Gasteiger partial charge in [-0.3, -0.25) is 29.6 Å². The van der Waals surface area contributed by atoms with Crippen LogP contribution in [0.15, 0.2) is 36.4 Å². The molecule has 3 amide bonds. The Bertz CT molecular complexity index is 1260. The summed E-state index contributed by atoms with van der Waals surface area (Å²) in [5.74, 6) is -0.746. The second kappa shape index (κ2) is 9.78. The SMILES string of the molecule is CNC(C)c1cccc(CN2CCC3(CC2)CN(c2ccc4c(c2)CN(C2CCC(=O)NC2=O)C4=O)C3)n1. The van der Waals surface area contributed by atoms with Crippen molar-refractivity contribution in [2.45, 2.75) is 57.8 Å². The van der Waals surface area contributed by atoms with Crippen LogP contribution >= 0.6 is 0 Å². The van der Waals surface area contributed by atoms with Gasteiger partial charge in [-0.2, -0.15) is 0 Å². The maximum absolute atomic E-state index is 13.0. The molecule has 4 aliphatic rings. The number of piperidine rings is 2. The molecule has 1 aromatic heterocycles. The van der Waals surface area contributed by atoms with Crippen molar-refractivity contribution >= 4 is 23.4 Å². The molecule has 5 heterocycles. The number of aromatic nitrogens is 1. The number of imide groups is 1. The Morgan fingerprint density at radius 2 is 1.92 bits per heavy atom. The lowest BCUT2D eigenvalue weighted by molar-refractivity contribution is -0.136. The normalized spacial score (nSPS) is 23.8. The lowest BCUT2D eigenvalue weighted by Gasteiger charge is -2.55. The zero-order chi connectivity index (χ0) is 26.4. The van der Waals surface area contributed by atoms with Gasteiger partial charge >= 0.3 is 0 Å². The number of nitrogens with one attached hydrogen (secondary N) is 2. The van der Waals surface area contributed by atoms with Gasteiger partial charge in [0.1, 0.15) is 6.04 Å². The number of rotatable bonds is 6. The van der Waals surface area contributed by atoms with Gasteiger partial charge in [-0.15, -0.1) is 0 Å². The number of anilines is 1. The minimum Gasteiger partial charge on any atom is -0.370 e. The van der Waals surface area contributed by atoms with Gasteiger partial charge in [0.25, 0.3) is 5.91 Å². The van der Waals surface area contributed by atoms with Crippen LogP contribution in [0.1, 0.15) is 66.0 Å². The molecule has 0 saturated carbocycles. The predicted octanol–water partition coefficient (Wildman–Crippen LogP) is 2.23. The van der Waals surface area contributed by atoms with Crippen molar-refractivity contribution in [2.24, 2.45) is 5.41 Å². The fourth-order valence-electron chi connectivity index (χ4n) is 6.41. The number of amides is 3. The molecule has 3 saturated heterocycles. The second-order valence-electron chi connectivity index (χ2n) is 11.4. The van der Waals surface area contributed by atoms with Crippen LogP contribution in [0, 0.1) is 5.41 Å². The summed E-state index contributed by atoms with van der Waals surface area (Å²) in [6, 6.07) is 12.1. The molecule has 200 valence electrons. The Balaban J connectivity index is 1.04. The molecule has 0 aliphatic carbocycles. The molecule has 1 spiro atoms. The molecule has 2 aromatic rings. The van der Waals surface area contributed by atoms with E-state index >= 15 is 0 Å². The Kier molecular flexibility index (Phi) is 6.44. The van der Waals surface area contributed by atoms with E-state index in [0.29, 0.717) is 23.9 Å². The van der Waals surface area contributed by atoms with Crippen molar-refractivity contribution in [2.75, 3.05) is 38.1 Å². The van der Waals surface area contributed by atoms with E-state index in [-0.39, 0.29) is 30.2 Å². The van der Waals surface area contributed by atoms with Crippen LogP contribution in [0.3, 0.4) is 0 Å². The minimum atomic E-state index is -0.571. The average Bonchev–Trinajstić information content (AvgIpc) is 3.23. The molecule has 1 aromatic carbocycles. The Morgan fingerprint density at radius 3 is 2.66 bits per heavy atom. The quantitative estimate of drug-likeness (QED) is 0.569. The lowest BCUT2D eigenvalue weighted by Crippen LogP contribution is -2.60. The first-order valence-corrected chi connectivity index (χ1v) is 13.7. The van der Waals surface area contributed by atoms with Crippen LogP contribution < -0.4 is 15.5 Å². The van der Waals surface area contributed by atoms with E-state index < -0.39 is 6.04 Å². The predicted molar refractivity (Wildman–Crippen MR) is 143 cm³/mol. The number of pyridine rings is 1. The Hall–Kier alpha value is -3.30. The van der Waals surface area contributed by atoms with E-state index in [1.54, 1.807) is 4.90 Å². The number of nitrogens with zero attached hydrogens (tertiary/aromatic N) is 4. The van der Waals surface area contributed by atoms with Gasteiger partial charge in [-0.05, 0) is 82.2 Å². The van der Waals surface area contributed by atoms with Crippen molar-refractivity contribution in [3.63, 3.8) is 0 Å². The molecule has 2 unspecified atom stereocenters. The standard InChI is InChI=1S/C29H36N6O3/c1-19(30-2)24-5-3-4-21(31-24)16-33-12-10-29(11-13-33)17-34(18-29)22-6-7-23-20(14-22)15-35(28(23)38)25-8-9-26(36)32-27(25)37/h3-7,14,19,25,30H,8-13,15-18H2,1-2H3,(H,32,36,37). The van der Waals surface area contributed by atoms with E-state index in [2.05, 4.69) is 51.6 Å². The number of carbonyl (C=O) groups excluding carboxylic acids is 3. The van der Waals surface area contributed by atoms with Crippen LogP contribution in [0.5, 0.6) is 0 Å². The first-order valence-electron chi connectivity index (χ1n) is 13.7. The van der Waals surface area contributed by atoms with Gasteiger partial charge in [-0.25, -0.2) is 0 Å². The molecular formula is C29H36N6O3. The first-order chi connectivity index (χ1) is 18.3. The minimum absolute atomic E-state index is 0.117. The maximum Gasteiger partial charge on any atom is 0.255 e. The second-order valence-corrected chi connectivity index (χ2v) is 11.4. The number of fused-ring (bicyclic) bond motifs is 1. The number of likely N-dealkylation sites (tertiary alicyclic amines) is 1. The van der Waals surface area contributed by atoms with Gasteiger partial charge in [0.2, 0.25) is 11.8 Å². The third kappa shape index (κ3) is 4.58. The monoisotopic (exact) mass is 516 g/mol. The molecule has 0 radical (unpaired) electrons. The fraction of sp³-hybridized carbons (Fsp3) is 0.517. The molecule has 3 fully saturated rings. The van der Waals surface area contributed by atoms with Crippen molar-refractivity contribution in [3.8, 4) is 0 Å². The van der Waals surface area contributed by atoms with Crippen LogP contribution in [0.4, 0.5) is 5.69 Å². The summed E-state index contributed by atoms with van der Waals surface area (Å²) in [5, 5.41) is 5.64. The van der Waals surface area contributed by atoms with Crippen LogP contribution in [-0.2, 0) is 22.7 Å². The van der Waals surface area contributed by atoms with Crippen LogP contribution in [0.25, 0.3) is 0 Å². The third-order valence-corrected chi connectivity index (χ3v) is 8.93. The van der Waals surface area contributed by atoms with Gasteiger partial charge < -0.3 is 15.1 Å². The van der Waals surface area contributed by atoms with E-state index in [4.69, 9.17) is 4.98 Å². The van der Waals surface area contributed by atoms with Crippen molar-refractivity contribution < 1.29 is 14.4 Å². The fourth-order valence-corrected chi connectivity index (χ4v) is 6.41. The van der Waals surface area contributed by atoms with Crippen LogP contribution in [0.2, 0.25) is 0 Å². The molecule has 0 bridgehead atoms. The Morgan fingerprint density at radius 1 is 1.13 bits per heavy atom. The van der Waals surface area contributed by atoms with Gasteiger partial charge in [0.05, 0.1) is 11.4 Å². The van der Waals surface area contributed by atoms with E-state index in [9.17, 15) is 14.4 Å². The smallest absolute Gasteiger partial charge is 0.255 e. The zero-order valence-electron chi connectivity index (χ0n) is 22.2. The number of benzene rings is 1. The summed E-state index contributed by atoms with van der Waals surface area (Å²) >= 11 is 0. The Labute approximate surface area is 223 Å². The van der Waals surface area contributed by atoms with Gasteiger partial charge in [0.15, 0.2) is 0 Å². The third-order valence-electron chi connectivity index (χ3n) is 8.93. The maximum atomic E-state index is 13.0. The van der Waals surface area contributed by atoms with Crippen molar-refractivity contribution in [1.29, 1.82) is 0 Å². The molecule has 6 rings (SSSR count). The van der Waals surface area contributed by atoms with Crippen LogP contribution in [-0.4, -0.2) is 71.8 Å². The van der Waals surface area contributed by atoms with Gasteiger partial charge in [-0.1, -0.05) is 6.07 Å². The highest BCUT2D eigenvalue weighted by Crippen LogP contribution is 2.43. The highest BCUT2D eigenvalue weighted by molar-refractivity contribution is 6.05. The summed E-state index contributed by atoms with van der Waals surface area (Å²) in [4.78, 5) is 48.3. The van der Waals surface area contributed by atoms with E-state index in [1.807, 2.05) is 19.2 Å².